The molecule has 0 bridgehead atoms. The van der Waals surface area contributed by atoms with E-state index in [2.05, 4.69) is 37.1 Å². The van der Waals surface area contributed by atoms with Gasteiger partial charge in [-0.2, -0.15) is 4.98 Å². The Bertz CT molecular complexity index is 1200. The minimum absolute atomic E-state index is 0.351. The Labute approximate surface area is 192 Å². The van der Waals surface area contributed by atoms with E-state index >= 15 is 0 Å². The Hall–Kier alpha value is -3.65. The topological polar surface area (TPSA) is 89.3 Å². The highest BCUT2D eigenvalue weighted by atomic mass is 16.5. The Morgan fingerprint density at radius 3 is 2.73 bits per heavy atom. The van der Waals surface area contributed by atoms with Crippen molar-refractivity contribution in [2.24, 2.45) is 0 Å². The Morgan fingerprint density at radius 2 is 1.91 bits per heavy atom. The number of aromatic amines is 1. The molecule has 2 aromatic heterocycles. The number of hydrogen-bond acceptors (Lipinski definition) is 7. The Kier molecular flexibility index (Phi) is 6.08. The van der Waals surface area contributed by atoms with Crippen LogP contribution in [0.15, 0.2) is 59.3 Å². The summed E-state index contributed by atoms with van der Waals surface area (Å²) in [6, 6.07) is 15.9. The number of imidazole rings is 1. The van der Waals surface area contributed by atoms with E-state index in [1.54, 1.807) is 14.2 Å². The van der Waals surface area contributed by atoms with E-state index in [0.717, 1.165) is 48.6 Å². The fourth-order valence-electron chi connectivity index (χ4n) is 4.33. The Morgan fingerprint density at radius 1 is 1.06 bits per heavy atom. The van der Waals surface area contributed by atoms with E-state index in [9.17, 15) is 0 Å². The Balaban J connectivity index is 1.26. The van der Waals surface area contributed by atoms with E-state index in [1.807, 2.05) is 42.6 Å². The first-order chi connectivity index (χ1) is 16.2. The maximum Gasteiger partial charge on any atom is 0.241 e. The van der Waals surface area contributed by atoms with Gasteiger partial charge in [-0.15, -0.1) is 0 Å². The van der Waals surface area contributed by atoms with Gasteiger partial charge < -0.3 is 19.0 Å². The molecule has 5 rings (SSSR count). The maximum absolute atomic E-state index is 5.56. The van der Waals surface area contributed by atoms with E-state index in [-0.39, 0.29) is 0 Å². The summed E-state index contributed by atoms with van der Waals surface area (Å²) in [7, 11) is 3.22. The summed E-state index contributed by atoms with van der Waals surface area (Å²) < 4.78 is 16.2. The molecule has 0 amide bonds. The lowest BCUT2D eigenvalue weighted by Crippen LogP contribution is -2.34. The number of ether oxygens (including phenoxy) is 2. The number of rotatable bonds is 7. The lowest BCUT2D eigenvalue weighted by atomic mass is 9.97. The summed E-state index contributed by atoms with van der Waals surface area (Å²) in [4.78, 5) is 15.2. The smallest absolute Gasteiger partial charge is 0.241 e. The quantitative estimate of drug-likeness (QED) is 0.447. The van der Waals surface area contributed by atoms with Crippen LogP contribution in [0.2, 0.25) is 0 Å². The first kappa shape index (κ1) is 21.2. The molecule has 1 aliphatic heterocycles. The molecule has 170 valence electrons. The van der Waals surface area contributed by atoms with Crippen molar-refractivity contribution in [3.63, 3.8) is 0 Å². The SMILES string of the molecule is COc1ccc(-c2noc(CN3CCCC(c4ncc(-c5ccccc5)[nH]4)C3)n2)cc1OC. The summed E-state index contributed by atoms with van der Waals surface area (Å²) in [5, 5.41) is 4.17. The largest absolute Gasteiger partial charge is 0.493 e. The van der Waals surface area contributed by atoms with Crippen LogP contribution >= 0.6 is 0 Å². The molecule has 0 spiro atoms. The number of piperidine rings is 1. The van der Waals surface area contributed by atoms with E-state index in [4.69, 9.17) is 14.0 Å². The number of nitrogens with one attached hydrogen (secondary N) is 1. The van der Waals surface area contributed by atoms with Crippen LogP contribution in [0.4, 0.5) is 0 Å². The standard InChI is InChI=1S/C25H27N5O3/c1-31-21-11-10-18(13-22(21)32-2)25-28-23(33-29-25)16-30-12-6-9-19(15-30)24-26-14-20(27-24)17-7-4-3-5-8-17/h3-5,7-8,10-11,13-14,19H,6,9,12,15-16H2,1-2H3,(H,26,27). The number of benzene rings is 2. The fraction of sp³-hybridized carbons (Fsp3) is 0.320. The minimum atomic E-state index is 0.351. The molecule has 1 atom stereocenters. The highest BCUT2D eigenvalue weighted by Crippen LogP contribution is 2.32. The van der Waals surface area contributed by atoms with Gasteiger partial charge in [-0.05, 0) is 43.1 Å². The average Bonchev–Trinajstić information content (AvgIpc) is 3.55. The first-order valence-corrected chi connectivity index (χ1v) is 11.1. The molecule has 8 heteroatoms. The van der Waals surface area contributed by atoms with E-state index < -0.39 is 0 Å². The van der Waals surface area contributed by atoms with Gasteiger partial charge in [0.25, 0.3) is 0 Å². The molecule has 33 heavy (non-hydrogen) atoms. The summed E-state index contributed by atoms with van der Waals surface area (Å²) in [6.45, 7) is 2.51. The molecule has 1 unspecified atom stereocenters. The van der Waals surface area contributed by atoms with Gasteiger partial charge in [0.05, 0.1) is 32.7 Å². The fourth-order valence-corrected chi connectivity index (χ4v) is 4.33. The summed E-state index contributed by atoms with van der Waals surface area (Å²) in [6.07, 6.45) is 4.14. The molecule has 0 aliphatic carbocycles. The van der Waals surface area contributed by atoms with Gasteiger partial charge >= 0.3 is 0 Å². The van der Waals surface area contributed by atoms with Crippen LogP contribution < -0.4 is 9.47 Å². The molecule has 3 heterocycles. The zero-order chi connectivity index (χ0) is 22.6. The molecule has 1 aliphatic rings. The van der Waals surface area contributed by atoms with Gasteiger partial charge in [-0.25, -0.2) is 4.98 Å². The second-order valence-electron chi connectivity index (χ2n) is 8.20. The summed E-state index contributed by atoms with van der Waals surface area (Å²) in [5.74, 6) is 3.83. The third kappa shape index (κ3) is 4.61. The molecule has 0 saturated carbocycles. The van der Waals surface area contributed by atoms with Crippen molar-refractivity contribution in [1.29, 1.82) is 0 Å². The van der Waals surface area contributed by atoms with Gasteiger partial charge in [0, 0.05) is 18.0 Å². The van der Waals surface area contributed by atoms with Crippen molar-refractivity contribution in [3.8, 4) is 34.1 Å². The van der Waals surface area contributed by atoms with Gasteiger partial charge in [-0.1, -0.05) is 35.5 Å². The molecule has 4 aromatic rings. The summed E-state index contributed by atoms with van der Waals surface area (Å²) >= 11 is 0. The maximum atomic E-state index is 5.56. The predicted octanol–water partition coefficient (Wildman–Crippen LogP) is 4.52. The van der Waals surface area contributed by atoms with Crippen molar-refractivity contribution in [2.45, 2.75) is 25.3 Å². The predicted molar refractivity (Wildman–Crippen MR) is 124 cm³/mol. The highest BCUT2D eigenvalue weighted by molar-refractivity contribution is 5.60. The zero-order valence-corrected chi connectivity index (χ0v) is 18.8. The molecule has 2 aromatic carbocycles. The first-order valence-electron chi connectivity index (χ1n) is 11.1. The van der Waals surface area contributed by atoms with E-state index in [1.165, 1.54) is 0 Å². The normalized spacial score (nSPS) is 16.6. The number of aromatic nitrogens is 4. The van der Waals surface area contributed by atoms with Crippen LogP contribution in [-0.4, -0.2) is 52.3 Å². The number of H-pyrrole nitrogens is 1. The number of nitrogens with zero attached hydrogens (tertiary/aromatic N) is 4. The zero-order valence-electron chi connectivity index (χ0n) is 18.8. The van der Waals surface area contributed by atoms with Crippen LogP contribution in [0, 0.1) is 0 Å². The lowest BCUT2D eigenvalue weighted by molar-refractivity contribution is 0.174. The molecule has 1 N–H and O–H groups in total. The lowest BCUT2D eigenvalue weighted by Gasteiger charge is -2.30. The third-order valence-corrected chi connectivity index (χ3v) is 6.04. The van der Waals surface area contributed by atoms with Gasteiger partial charge in [0.1, 0.15) is 5.82 Å². The highest BCUT2D eigenvalue weighted by Gasteiger charge is 2.25. The van der Waals surface area contributed by atoms with Crippen LogP contribution in [-0.2, 0) is 6.54 Å². The molecule has 8 nitrogen and oxygen atoms in total. The van der Waals surface area contributed by atoms with Crippen LogP contribution in [0.3, 0.4) is 0 Å². The number of likely N-dealkylation sites (tertiary alicyclic amines) is 1. The second-order valence-corrected chi connectivity index (χ2v) is 8.20. The molecule has 0 radical (unpaired) electrons. The summed E-state index contributed by atoms with van der Waals surface area (Å²) in [5.41, 5.74) is 3.03. The molecular weight excluding hydrogens is 418 g/mol. The average molecular weight is 446 g/mol. The molecule has 1 fully saturated rings. The van der Waals surface area contributed by atoms with Crippen LogP contribution in [0.25, 0.3) is 22.6 Å². The third-order valence-electron chi connectivity index (χ3n) is 6.04. The van der Waals surface area contributed by atoms with Gasteiger partial charge in [0.15, 0.2) is 11.5 Å². The van der Waals surface area contributed by atoms with Gasteiger partial charge in [0.2, 0.25) is 11.7 Å². The van der Waals surface area contributed by atoms with Crippen molar-refractivity contribution in [3.05, 3.63) is 66.4 Å². The minimum Gasteiger partial charge on any atom is -0.493 e. The van der Waals surface area contributed by atoms with Gasteiger partial charge in [-0.3, -0.25) is 4.90 Å². The number of hydrogen-bond donors (Lipinski definition) is 1. The van der Waals surface area contributed by atoms with Crippen molar-refractivity contribution in [2.75, 3.05) is 27.3 Å². The van der Waals surface area contributed by atoms with Crippen molar-refractivity contribution >= 4 is 0 Å². The second kappa shape index (κ2) is 9.46. The van der Waals surface area contributed by atoms with Crippen molar-refractivity contribution in [1.82, 2.24) is 25.0 Å². The van der Waals surface area contributed by atoms with Crippen LogP contribution in [0.1, 0.15) is 30.5 Å². The monoisotopic (exact) mass is 445 g/mol. The van der Waals surface area contributed by atoms with Crippen molar-refractivity contribution < 1.29 is 14.0 Å². The molecular formula is C25H27N5O3. The van der Waals surface area contributed by atoms with E-state index in [0.29, 0.717) is 35.7 Å². The number of methoxy groups -OCH3 is 2. The molecule has 1 saturated heterocycles. The van der Waals surface area contributed by atoms with Crippen LogP contribution in [0.5, 0.6) is 11.5 Å².